The second-order valence-corrected chi connectivity index (χ2v) is 5.60. The first-order valence-corrected chi connectivity index (χ1v) is 7.60. The van der Waals surface area contributed by atoms with Crippen LogP contribution in [0.4, 0.5) is 0 Å². The Kier molecular flexibility index (Phi) is 7.19. The predicted molar refractivity (Wildman–Crippen MR) is 78.4 cm³/mol. The molecule has 1 N–H and O–H groups in total. The Morgan fingerprint density at radius 1 is 1.43 bits per heavy atom. The molecule has 2 amide bonds. The lowest BCUT2D eigenvalue weighted by atomic mass is 9.96. The van der Waals surface area contributed by atoms with Gasteiger partial charge in [0.15, 0.2) is 0 Å². The van der Waals surface area contributed by atoms with Crippen molar-refractivity contribution in [1.82, 2.24) is 10.2 Å². The minimum atomic E-state index is -0.792. The molecule has 2 atom stereocenters. The molecule has 1 aliphatic rings. The average molecular weight is 298 g/mol. The average Bonchev–Trinajstić information content (AvgIpc) is 2.61. The van der Waals surface area contributed by atoms with Gasteiger partial charge >= 0.3 is 5.97 Å². The van der Waals surface area contributed by atoms with Crippen LogP contribution in [-0.2, 0) is 19.1 Å². The third-order valence-electron chi connectivity index (χ3n) is 3.89. The maximum atomic E-state index is 12.2. The van der Waals surface area contributed by atoms with E-state index in [0.717, 1.165) is 25.7 Å². The fourth-order valence-corrected chi connectivity index (χ4v) is 2.77. The molecular weight excluding hydrogens is 272 g/mol. The minimum Gasteiger partial charge on any atom is -0.467 e. The van der Waals surface area contributed by atoms with Crippen molar-refractivity contribution in [2.24, 2.45) is 5.92 Å². The highest BCUT2D eigenvalue weighted by Crippen LogP contribution is 2.22. The summed E-state index contributed by atoms with van der Waals surface area (Å²) in [6.07, 6.45) is 4.63. The van der Waals surface area contributed by atoms with Gasteiger partial charge in [0, 0.05) is 19.9 Å². The Bertz CT molecular complexity index is 384. The lowest BCUT2D eigenvalue weighted by molar-refractivity contribution is -0.146. The Balaban J connectivity index is 2.66. The molecule has 120 valence electrons. The SMILES string of the molecule is CCCC1CCC(=O)N(CC(NC(C)=O)C(=O)OC)CC1. The van der Waals surface area contributed by atoms with Crippen molar-refractivity contribution >= 4 is 17.8 Å². The molecule has 1 aliphatic heterocycles. The van der Waals surface area contributed by atoms with E-state index in [1.54, 1.807) is 4.90 Å². The van der Waals surface area contributed by atoms with E-state index in [2.05, 4.69) is 17.0 Å². The van der Waals surface area contributed by atoms with Crippen molar-refractivity contribution in [3.63, 3.8) is 0 Å². The normalized spacial score (nSPS) is 20.6. The number of nitrogens with one attached hydrogen (secondary N) is 1. The topological polar surface area (TPSA) is 75.7 Å². The molecule has 0 aromatic rings. The van der Waals surface area contributed by atoms with Crippen LogP contribution in [0.3, 0.4) is 0 Å². The summed E-state index contributed by atoms with van der Waals surface area (Å²) in [4.78, 5) is 36.7. The second kappa shape index (κ2) is 8.64. The maximum Gasteiger partial charge on any atom is 0.330 e. The van der Waals surface area contributed by atoms with Crippen LogP contribution in [0.5, 0.6) is 0 Å². The molecule has 0 aromatic heterocycles. The minimum absolute atomic E-state index is 0.0489. The summed E-state index contributed by atoms with van der Waals surface area (Å²) < 4.78 is 4.69. The number of carbonyl (C=O) groups is 3. The largest absolute Gasteiger partial charge is 0.467 e. The standard InChI is InChI=1S/C15H26N2O4/c1-4-5-12-6-7-14(19)17(9-8-12)10-13(15(20)21-3)16-11(2)18/h12-13H,4-10H2,1-3H3,(H,16,18). The van der Waals surface area contributed by atoms with Gasteiger partial charge < -0.3 is 15.0 Å². The van der Waals surface area contributed by atoms with E-state index >= 15 is 0 Å². The van der Waals surface area contributed by atoms with E-state index in [-0.39, 0.29) is 18.4 Å². The molecular formula is C15H26N2O4. The molecule has 6 heteroatoms. The van der Waals surface area contributed by atoms with E-state index in [1.807, 2.05) is 0 Å². The molecule has 21 heavy (non-hydrogen) atoms. The summed E-state index contributed by atoms with van der Waals surface area (Å²) in [6, 6.07) is -0.792. The summed E-state index contributed by atoms with van der Waals surface area (Å²) in [5.74, 6) is -0.210. The molecule has 1 heterocycles. The van der Waals surface area contributed by atoms with Gasteiger partial charge in [0.05, 0.1) is 13.7 Å². The zero-order valence-electron chi connectivity index (χ0n) is 13.2. The smallest absolute Gasteiger partial charge is 0.330 e. The van der Waals surface area contributed by atoms with Crippen LogP contribution in [0.2, 0.25) is 0 Å². The number of hydrogen-bond acceptors (Lipinski definition) is 4. The van der Waals surface area contributed by atoms with E-state index in [4.69, 9.17) is 0 Å². The molecule has 0 spiro atoms. The summed E-state index contributed by atoms with van der Waals surface area (Å²) in [6.45, 7) is 4.31. The van der Waals surface area contributed by atoms with E-state index in [0.29, 0.717) is 18.9 Å². The van der Waals surface area contributed by atoms with E-state index < -0.39 is 12.0 Å². The zero-order valence-corrected chi connectivity index (χ0v) is 13.2. The molecule has 6 nitrogen and oxygen atoms in total. The molecule has 0 bridgehead atoms. The number of nitrogens with zero attached hydrogens (tertiary/aromatic N) is 1. The number of ether oxygens (including phenoxy) is 1. The number of esters is 1. The number of methoxy groups -OCH3 is 1. The predicted octanol–water partition coefficient (Wildman–Crippen LogP) is 1.09. The van der Waals surface area contributed by atoms with Gasteiger partial charge in [-0.1, -0.05) is 19.8 Å². The van der Waals surface area contributed by atoms with Gasteiger partial charge in [-0.3, -0.25) is 9.59 Å². The highest BCUT2D eigenvalue weighted by atomic mass is 16.5. The monoisotopic (exact) mass is 298 g/mol. The first kappa shape index (κ1) is 17.5. The molecule has 1 fully saturated rings. The highest BCUT2D eigenvalue weighted by molar-refractivity contribution is 5.84. The van der Waals surface area contributed by atoms with Crippen LogP contribution in [0, 0.1) is 5.92 Å². The Hall–Kier alpha value is -1.59. The molecule has 0 saturated carbocycles. The van der Waals surface area contributed by atoms with Crippen LogP contribution in [0.1, 0.15) is 46.0 Å². The number of hydrogen-bond donors (Lipinski definition) is 1. The highest BCUT2D eigenvalue weighted by Gasteiger charge is 2.28. The Morgan fingerprint density at radius 3 is 2.71 bits per heavy atom. The summed E-state index contributed by atoms with van der Waals surface area (Å²) in [7, 11) is 1.28. The van der Waals surface area contributed by atoms with Gasteiger partial charge in [-0.15, -0.1) is 0 Å². The molecule has 2 unspecified atom stereocenters. The van der Waals surface area contributed by atoms with Crippen molar-refractivity contribution in [3.05, 3.63) is 0 Å². The number of likely N-dealkylation sites (tertiary alicyclic amines) is 1. The molecule has 0 aliphatic carbocycles. The van der Waals surface area contributed by atoms with Crippen LogP contribution in [-0.4, -0.2) is 48.9 Å². The third kappa shape index (κ3) is 5.73. The van der Waals surface area contributed by atoms with Gasteiger partial charge in [0.1, 0.15) is 6.04 Å². The Morgan fingerprint density at radius 2 is 2.14 bits per heavy atom. The molecule has 0 radical (unpaired) electrons. The van der Waals surface area contributed by atoms with Crippen LogP contribution in [0.15, 0.2) is 0 Å². The van der Waals surface area contributed by atoms with Crippen molar-refractivity contribution in [1.29, 1.82) is 0 Å². The summed E-state index contributed by atoms with van der Waals surface area (Å²) in [5, 5.41) is 2.55. The first-order valence-electron chi connectivity index (χ1n) is 7.60. The number of carbonyl (C=O) groups excluding carboxylic acids is 3. The van der Waals surface area contributed by atoms with E-state index in [9.17, 15) is 14.4 Å². The lowest BCUT2D eigenvalue weighted by Gasteiger charge is -2.25. The van der Waals surface area contributed by atoms with E-state index in [1.165, 1.54) is 14.0 Å². The van der Waals surface area contributed by atoms with Crippen molar-refractivity contribution < 1.29 is 19.1 Å². The maximum absolute atomic E-state index is 12.2. The fraction of sp³-hybridized carbons (Fsp3) is 0.800. The quantitative estimate of drug-likeness (QED) is 0.745. The third-order valence-corrected chi connectivity index (χ3v) is 3.89. The van der Waals surface area contributed by atoms with Crippen molar-refractivity contribution in [2.75, 3.05) is 20.2 Å². The van der Waals surface area contributed by atoms with Gasteiger partial charge in [-0.2, -0.15) is 0 Å². The van der Waals surface area contributed by atoms with Gasteiger partial charge in [0.25, 0.3) is 0 Å². The summed E-state index contributed by atoms with van der Waals surface area (Å²) in [5.41, 5.74) is 0. The van der Waals surface area contributed by atoms with Gasteiger partial charge in [-0.05, 0) is 18.8 Å². The van der Waals surface area contributed by atoms with Crippen LogP contribution < -0.4 is 5.32 Å². The first-order chi connectivity index (χ1) is 9.97. The lowest BCUT2D eigenvalue weighted by Crippen LogP contribution is -2.49. The van der Waals surface area contributed by atoms with Crippen LogP contribution in [0.25, 0.3) is 0 Å². The summed E-state index contributed by atoms with van der Waals surface area (Å²) >= 11 is 0. The Labute approximate surface area is 126 Å². The molecule has 1 rings (SSSR count). The zero-order chi connectivity index (χ0) is 15.8. The second-order valence-electron chi connectivity index (χ2n) is 5.60. The van der Waals surface area contributed by atoms with Gasteiger partial charge in [-0.25, -0.2) is 4.79 Å². The molecule has 1 saturated heterocycles. The fourth-order valence-electron chi connectivity index (χ4n) is 2.77. The number of rotatable bonds is 6. The van der Waals surface area contributed by atoms with Gasteiger partial charge in [0.2, 0.25) is 11.8 Å². The van der Waals surface area contributed by atoms with Crippen molar-refractivity contribution in [2.45, 2.75) is 52.0 Å². The molecule has 0 aromatic carbocycles. The van der Waals surface area contributed by atoms with Crippen LogP contribution >= 0.6 is 0 Å². The number of amides is 2. The van der Waals surface area contributed by atoms with Crippen molar-refractivity contribution in [3.8, 4) is 0 Å².